The number of hydrogen-bond donors (Lipinski definition) is 1. The van der Waals surface area contributed by atoms with Crippen LogP contribution in [0.5, 0.6) is 5.75 Å². The van der Waals surface area contributed by atoms with Crippen molar-refractivity contribution in [2.45, 2.75) is 27.7 Å². The summed E-state index contributed by atoms with van der Waals surface area (Å²) < 4.78 is 5.49. The highest BCUT2D eigenvalue weighted by atomic mass is 16.5. The van der Waals surface area contributed by atoms with Gasteiger partial charge in [-0.1, -0.05) is 12.1 Å². The van der Waals surface area contributed by atoms with Crippen molar-refractivity contribution in [3.05, 3.63) is 65.9 Å². The van der Waals surface area contributed by atoms with E-state index in [9.17, 15) is 0 Å². The SMILES string of the molecule is CCOc1ccc(Nc2cc(C)nc(N(CC)c3cccc(C)c3)n2)cc1. The first kappa shape index (κ1) is 18.7. The number of nitrogens with zero attached hydrogens (tertiary/aromatic N) is 3. The molecule has 0 spiro atoms. The summed E-state index contributed by atoms with van der Waals surface area (Å²) in [4.78, 5) is 11.5. The monoisotopic (exact) mass is 362 g/mol. The minimum Gasteiger partial charge on any atom is -0.494 e. The molecule has 0 aliphatic heterocycles. The molecular weight excluding hydrogens is 336 g/mol. The molecule has 1 N–H and O–H groups in total. The summed E-state index contributed by atoms with van der Waals surface area (Å²) in [5.74, 6) is 2.32. The van der Waals surface area contributed by atoms with Crippen LogP contribution in [0.2, 0.25) is 0 Å². The zero-order valence-corrected chi connectivity index (χ0v) is 16.4. The van der Waals surface area contributed by atoms with Gasteiger partial charge in [0.15, 0.2) is 0 Å². The molecule has 5 nitrogen and oxygen atoms in total. The molecule has 1 heterocycles. The van der Waals surface area contributed by atoms with Gasteiger partial charge in [0.1, 0.15) is 11.6 Å². The quantitative estimate of drug-likeness (QED) is 0.610. The first-order valence-electron chi connectivity index (χ1n) is 9.28. The fourth-order valence-electron chi connectivity index (χ4n) is 2.92. The zero-order valence-electron chi connectivity index (χ0n) is 16.4. The standard InChI is InChI=1S/C22H26N4O/c1-5-26(19-9-7-8-16(3)14-19)22-23-17(4)15-21(25-22)24-18-10-12-20(13-11-18)27-6-2/h7-15H,5-6H2,1-4H3,(H,23,24,25). The van der Waals surface area contributed by atoms with Gasteiger partial charge >= 0.3 is 0 Å². The molecule has 0 amide bonds. The van der Waals surface area contributed by atoms with Crippen LogP contribution in [0.4, 0.5) is 23.1 Å². The molecule has 2 aromatic carbocycles. The fraction of sp³-hybridized carbons (Fsp3) is 0.273. The Bertz CT molecular complexity index is 893. The predicted octanol–water partition coefficient (Wildman–Crippen LogP) is 5.39. The Hall–Kier alpha value is -3.08. The van der Waals surface area contributed by atoms with E-state index in [-0.39, 0.29) is 0 Å². The molecule has 3 rings (SSSR count). The van der Waals surface area contributed by atoms with Gasteiger partial charge < -0.3 is 15.0 Å². The summed E-state index contributed by atoms with van der Waals surface area (Å²) in [5.41, 5.74) is 4.18. The van der Waals surface area contributed by atoms with Crippen molar-refractivity contribution in [1.82, 2.24) is 9.97 Å². The maximum absolute atomic E-state index is 5.49. The lowest BCUT2D eigenvalue weighted by Crippen LogP contribution is -2.19. The predicted molar refractivity (Wildman–Crippen MR) is 112 cm³/mol. The van der Waals surface area contributed by atoms with Gasteiger partial charge in [0.2, 0.25) is 5.95 Å². The summed E-state index contributed by atoms with van der Waals surface area (Å²) in [5, 5.41) is 3.36. The van der Waals surface area contributed by atoms with Gasteiger partial charge in [-0.15, -0.1) is 0 Å². The van der Waals surface area contributed by atoms with Gasteiger partial charge in [-0.3, -0.25) is 0 Å². The summed E-state index contributed by atoms with van der Waals surface area (Å²) in [6, 6.07) is 18.2. The highest BCUT2D eigenvalue weighted by molar-refractivity contribution is 5.62. The fourth-order valence-corrected chi connectivity index (χ4v) is 2.92. The molecule has 0 unspecified atom stereocenters. The Morgan fingerprint density at radius 3 is 2.41 bits per heavy atom. The van der Waals surface area contributed by atoms with Gasteiger partial charge in [-0.2, -0.15) is 4.98 Å². The van der Waals surface area contributed by atoms with Crippen molar-refractivity contribution >= 4 is 23.1 Å². The second kappa shape index (κ2) is 8.54. The molecule has 0 atom stereocenters. The third-order valence-corrected chi connectivity index (χ3v) is 4.15. The molecule has 0 radical (unpaired) electrons. The molecular formula is C22H26N4O. The molecule has 1 aromatic heterocycles. The molecule has 3 aromatic rings. The normalized spacial score (nSPS) is 10.5. The van der Waals surface area contributed by atoms with E-state index in [1.807, 2.05) is 44.2 Å². The first-order valence-corrected chi connectivity index (χ1v) is 9.28. The topological polar surface area (TPSA) is 50.3 Å². The van der Waals surface area contributed by atoms with Crippen LogP contribution in [0.25, 0.3) is 0 Å². The summed E-state index contributed by atoms with van der Waals surface area (Å²) in [7, 11) is 0. The Balaban J connectivity index is 1.87. The molecule has 0 fully saturated rings. The largest absolute Gasteiger partial charge is 0.494 e. The van der Waals surface area contributed by atoms with Crippen LogP contribution in [0, 0.1) is 13.8 Å². The van der Waals surface area contributed by atoms with Crippen molar-refractivity contribution < 1.29 is 4.74 Å². The second-order valence-corrected chi connectivity index (χ2v) is 6.36. The van der Waals surface area contributed by atoms with Crippen LogP contribution in [-0.2, 0) is 0 Å². The van der Waals surface area contributed by atoms with Gasteiger partial charge in [-0.05, 0) is 69.7 Å². The first-order chi connectivity index (χ1) is 13.1. The summed E-state index contributed by atoms with van der Waals surface area (Å²) in [6.45, 7) is 9.60. The van der Waals surface area contributed by atoms with Crippen LogP contribution < -0.4 is 15.0 Å². The van der Waals surface area contributed by atoms with Crippen LogP contribution in [0.1, 0.15) is 25.1 Å². The maximum Gasteiger partial charge on any atom is 0.232 e. The minimum absolute atomic E-state index is 0.660. The van der Waals surface area contributed by atoms with Crippen LogP contribution in [-0.4, -0.2) is 23.1 Å². The van der Waals surface area contributed by atoms with Crippen LogP contribution >= 0.6 is 0 Å². The molecule has 0 saturated heterocycles. The third-order valence-electron chi connectivity index (χ3n) is 4.15. The zero-order chi connectivity index (χ0) is 19.2. The highest BCUT2D eigenvalue weighted by Gasteiger charge is 2.12. The van der Waals surface area contributed by atoms with Crippen molar-refractivity contribution in [3.63, 3.8) is 0 Å². The molecule has 27 heavy (non-hydrogen) atoms. The number of nitrogens with one attached hydrogen (secondary N) is 1. The number of aryl methyl sites for hydroxylation is 2. The number of aromatic nitrogens is 2. The van der Waals surface area contributed by atoms with E-state index in [0.29, 0.717) is 12.6 Å². The number of rotatable bonds is 7. The van der Waals surface area contributed by atoms with Crippen LogP contribution in [0.3, 0.4) is 0 Å². The van der Waals surface area contributed by atoms with Gasteiger partial charge in [0.05, 0.1) is 6.61 Å². The van der Waals surface area contributed by atoms with Crippen molar-refractivity contribution in [2.24, 2.45) is 0 Å². The number of benzene rings is 2. The Morgan fingerprint density at radius 2 is 1.74 bits per heavy atom. The lowest BCUT2D eigenvalue weighted by Gasteiger charge is -2.22. The van der Waals surface area contributed by atoms with E-state index >= 15 is 0 Å². The number of anilines is 4. The molecule has 0 saturated carbocycles. The lowest BCUT2D eigenvalue weighted by atomic mass is 10.2. The maximum atomic E-state index is 5.49. The van der Waals surface area contributed by atoms with E-state index in [1.165, 1.54) is 5.56 Å². The molecule has 0 aliphatic carbocycles. The molecule has 0 bridgehead atoms. The van der Waals surface area contributed by atoms with Crippen molar-refractivity contribution in [1.29, 1.82) is 0 Å². The summed E-state index contributed by atoms with van der Waals surface area (Å²) in [6.07, 6.45) is 0. The average Bonchev–Trinajstić information content (AvgIpc) is 2.64. The van der Waals surface area contributed by atoms with Crippen molar-refractivity contribution in [3.8, 4) is 5.75 Å². The Labute approximate surface area is 161 Å². The number of ether oxygens (including phenoxy) is 1. The van der Waals surface area contributed by atoms with Gasteiger partial charge in [0, 0.05) is 29.7 Å². The van der Waals surface area contributed by atoms with Gasteiger partial charge in [-0.25, -0.2) is 4.98 Å². The minimum atomic E-state index is 0.660. The molecule has 140 valence electrons. The highest BCUT2D eigenvalue weighted by Crippen LogP contribution is 2.26. The van der Waals surface area contributed by atoms with E-state index in [1.54, 1.807) is 0 Å². The van der Waals surface area contributed by atoms with Crippen molar-refractivity contribution in [2.75, 3.05) is 23.4 Å². The van der Waals surface area contributed by atoms with E-state index in [0.717, 1.165) is 35.2 Å². The van der Waals surface area contributed by atoms with Crippen LogP contribution in [0.15, 0.2) is 54.6 Å². The average molecular weight is 362 g/mol. The van der Waals surface area contributed by atoms with E-state index in [2.05, 4.69) is 53.3 Å². The number of hydrogen-bond acceptors (Lipinski definition) is 5. The Morgan fingerprint density at radius 1 is 0.963 bits per heavy atom. The van der Waals surface area contributed by atoms with E-state index in [4.69, 9.17) is 9.72 Å². The Kier molecular flexibility index (Phi) is 5.91. The molecule has 0 aliphatic rings. The smallest absolute Gasteiger partial charge is 0.232 e. The molecule has 5 heteroatoms. The second-order valence-electron chi connectivity index (χ2n) is 6.36. The van der Waals surface area contributed by atoms with E-state index < -0.39 is 0 Å². The third kappa shape index (κ3) is 4.76. The lowest BCUT2D eigenvalue weighted by molar-refractivity contribution is 0.340. The summed E-state index contributed by atoms with van der Waals surface area (Å²) >= 11 is 0. The van der Waals surface area contributed by atoms with Gasteiger partial charge in [0.25, 0.3) is 0 Å².